The average molecular weight is 341 g/mol. The number of pyridine rings is 1. The van der Waals surface area contributed by atoms with Crippen molar-refractivity contribution in [3.8, 4) is 0 Å². The number of hydrogen-bond acceptors (Lipinski definition) is 3. The minimum atomic E-state index is -0.630. The molecule has 2 N–H and O–H groups in total. The Hall–Kier alpha value is -1.91. The molecule has 5 heteroatoms. The lowest BCUT2D eigenvalue weighted by atomic mass is 9.48. The number of hydrogen-bond donors (Lipinski definition) is 2. The van der Waals surface area contributed by atoms with Crippen molar-refractivity contribution in [2.24, 2.45) is 23.2 Å². The van der Waals surface area contributed by atoms with Gasteiger partial charge in [0.05, 0.1) is 0 Å². The quantitative estimate of drug-likeness (QED) is 0.830. The van der Waals surface area contributed by atoms with E-state index in [0.717, 1.165) is 23.3 Å². The van der Waals surface area contributed by atoms with Crippen LogP contribution in [0.1, 0.15) is 51.0 Å². The summed E-state index contributed by atoms with van der Waals surface area (Å²) in [6, 6.07) is 3.66. The van der Waals surface area contributed by atoms with Crippen LogP contribution in [0, 0.1) is 30.1 Å². The second kappa shape index (κ2) is 6.11. The van der Waals surface area contributed by atoms with E-state index in [4.69, 9.17) is 0 Å². The molecule has 4 aliphatic carbocycles. The predicted molar refractivity (Wildman–Crippen MR) is 95.8 cm³/mol. The first-order chi connectivity index (χ1) is 11.9. The molecular weight excluding hydrogens is 314 g/mol. The lowest BCUT2D eigenvalue weighted by molar-refractivity contribution is -0.138. The maximum atomic E-state index is 12.4. The molecule has 0 aliphatic heterocycles. The number of rotatable bonds is 3. The summed E-state index contributed by atoms with van der Waals surface area (Å²) >= 11 is 0. The fraction of sp³-hybridized carbons (Fsp3) is 0.650. The van der Waals surface area contributed by atoms with E-state index in [0.29, 0.717) is 5.82 Å². The van der Waals surface area contributed by atoms with E-state index >= 15 is 0 Å². The number of nitrogens with one attached hydrogen (secondary N) is 2. The SMILES string of the molecule is Cc1ccnc(NC(=O)C(=O)NC(C)C23CC4CC(CC(C4)C2)C3)c1. The molecule has 1 heterocycles. The predicted octanol–water partition coefficient (Wildman–Crippen LogP) is 3.05. The van der Waals surface area contributed by atoms with E-state index in [1.54, 1.807) is 12.3 Å². The molecule has 0 aromatic carbocycles. The van der Waals surface area contributed by atoms with Gasteiger partial charge in [-0.15, -0.1) is 0 Å². The summed E-state index contributed by atoms with van der Waals surface area (Å²) in [6.07, 6.45) is 9.38. The highest BCUT2D eigenvalue weighted by Crippen LogP contribution is 2.61. The summed E-state index contributed by atoms with van der Waals surface area (Å²) in [7, 11) is 0. The smallest absolute Gasteiger partial charge is 0.314 e. The number of amides is 2. The third kappa shape index (κ3) is 3.16. The molecule has 1 aromatic heterocycles. The fourth-order valence-electron chi connectivity index (χ4n) is 5.90. The number of aryl methyl sites for hydroxylation is 1. The topological polar surface area (TPSA) is 71.1 Å². The van der Waals surface area contributed by atoms with Gasteiger partial charge in [-0.25, -0.2) is 4.98 Å². The highest BCUT2D eigenvalue weighted by molar-refractivity contribution is 6.39. The van der Waals surface area contributed by atoms with Crippen LogP contribution >= 0.6 is 0 Å². The van der Waals surface area contributed by atoms with Crippen LogP contribution in [0.15, 0.2) is 18.3 Å². The van der Waals surface area contributed by atoms with Crippen molar-refractivity contribution >= 4 is 17.6 Å². The molecule has 1 aromatic rings. The third-order valence-corrected chi connectivity index (χ3v) is 6.72. The average Bonchev–Trinajstić information content (AvgIpc) is 2.53. The van der Waals surface area contributed by atoms with Crippen LogP contribution in [-0.4, -0.2) is 22.8 Å². The highest BCUT2D eigenvalue weighted by atomic mass is 16.2. The van der Waals surface area contributed by atoms with Crippen molar-refractivity contribution < 1.29 is 9.59 Å². The van der Waals surface area contributed by atoms with Gasteiger partial charge in [0.25, 0.3) is 0 Å². The van der Waals surface area contributed by atoms with E-state index < -0.39 is 11.8 Å². The van der Waals surface area contributed by atoms with E-state index in [1.807, 2.05) is 13.0 Å². The molecular formula is C20H27N3O2. The number of nitrogens with zero attached hydrogens (tertiary/aromatic N) is 1. The molecule has 1 atom stereocenters. The summed E-state index contributed by atoms with van der Waals surface area (Å²) in [5.41, 5.74) is 1.19. The van der Waals surface area contributed by atoms with Gasteiger partial charge in [-0.2, -0.15) is 0 Å². The normalized spacial score (nSPS) is 33.8. The zero-order valence-electron chi connectivity index (χ0n) is 15.0. The number of aromatic nitrogens is 1. The summed E-state index contributed by atoms with van der Waals surface area (Å²) in [4.78, 5) is 28.7. The monoisotopic (exact) mass is 341 g/mol. The van der Waals surface area contributed by atoms with Gasteiger partial charge >= 0.3 is 11.8 Å². The summed E-state index contributed by atoms with van der Waals surface area (Å²) in [5, 5.41) is 5.59. The van der Waals surface area contributed by atoms with Crippen LogP contribution in [0.25, 0.3) is 0 Å². The number of anilines is 1. The van der Waals surface area contributed by atoms with Crippen molar-refractivity contribution in [2.75, 3.05) is 5.32 Å². The lowest BCUT2D eigenvalue weighted by Gasteiger charge is -2.59. The molecule has 5 rings (SSSR count). The molecule has 0 radical (unpaired) electrons. The van der Waals surface area contributed by atoms with Crippen molar-refractivity contribution in [3.63, 3.8) is 0 Å². The van der Waals surface area contributed by atoms with Crippen LogP contribution in [0.2, 0.25) is 0 Å². The van der Waals surface area contributed by atoms with Crippen LogP contribution in [0.3, 0.4) is 0 Å². The second-order valence-electron chi connectivity index (χ2n) is 8.65. The van der Waals surface area contributed by atoms with Gasteiger partial charge in [-0.05, 0) is 93.2 Å². The molecule has 0 spiro atoms. The van der Waals surface area contributed by atoms with Gasteiger partial charge in [0.15, 0.2) is 0 Å². The Morgan fingerprint density at radius 1 is 1.12 bits per heavy atom. The van der Waals surface area contributed by atoms with E-state index in [2.05, 4.69) is 22.5 Å². The Labute approximate surface area is 149 Å². The summed E-state index contributed by atoms with van der Waals surface area (Å²) in [5.74, 6) is 1.73. The summed E-state index contributed by atoms with van der Waals surface area (Å²) in [6.45, 7) is 4.01. The van der Waals surface area contributed by atoms with Gasteiger partial charge < -0.3 is 10.6 Å². The molecule has 134 valence electrons. The Bertz CT molecular complexity index is 665. The minimum absolute atomic E-state index is 0.0459. The molecule has 0 saturated heterocycles. The van der Waals surface area contributed by atoms with Crippen LogP contribution in [-0.2, 0) is 9.59 Å². The Morgan fingerprint density at radius 3 is 2.28 bits per heavy atom. The molecule has 25 heavy (non-hydrogen) atoms. The molecule has 2 amide bonds. The Morgan fingerprint density at radius 2 is 1.72 bits per heavy atom. The molecule has 4 bridgehead atoms. The van der Waals surface area contributed by atoms with Gasteiger partial charge in [-0.1, -0.05) is 0 Å². The fourth-order valence-corrected chi connectivity index (χ4v) is 5.90. The standard InChI is InChI=1S/C20H27N3O2/c1-12-3-4-21-17(5-12)23-19(25)18(24)22-13(2)20-9-14-6-15(10-20)8-16(7-14)11-20/h3-5,13-16H,6-11H2,1-2H3,(H,22,24)(H,21,23,25). The van der Waals surface area contributed by atoms with Gasteiger partial charge in [0, 0.05) is 12.2 Å². The van der Waals surface area contributed by atoms with E-state index in [9.17, 15) is 9.59 Å². The first kappa shape index (κ1) is 16.6. The van der Waals surface area contributed by atoms with E-state index in [1.165, 1.54) is 38.5 Å². The minimum Gasteiger partial charge on any atom is -0.345 e. The summed E-state index contributed by atoms with van der Waals surface area (Å²) < 4.78 is 0. The van der Waals surface area contributed by atoms with Crippen molar-refractivity contribution in [3.05, 3.63) is 23.9 Å². The van der Waals surface area contributed by atoms with Crippen molar-refractivity contribution in [2.45, 2.75) is 58.4 Å². The Balaban J connectivity index is 1.39. The molecule has 4 fully saturated rings. The van der Waals surface area contributed by atoms with Crippen molar-refractivity contribution in [1.29, 1.82) is 0 Å². The zero-order valence-corrected chi connectivity index (χ0v) is 15.0. The number of carbonyl (C=O) groups excluding carboxylic acids is 2. The van der Waals surface area contributed by atoms with Gasteiger partial charge in [-0.3, -0.25) is 9.59 Å². The van der Waals surface area contributed by atoms with Gasteiger partial charge in [0.1, 0.15) is 5.82 Å². The molecule has 5 nitrogen and oxygen atoms in total. The highest BCUT2D eigenvalue weighted by Gasteiger charge is 2.53. The molecule has 1 unspecified atom stereocenters. The van der Waals surface area contributed by atoms with Crippen LogP contribution < -0.4 is 10.6 Å². The number of carbonyl (C=O) groups is 2. The van der Waals surface area contributed by atoms with E-state index in [-0.39, 0.29) is 11.5 Å². The lowest BCUT2D eigenvalue weighted by Crippen LogP contribution is -2.57. The first-order valence-corrected chi connectivity index (χ1v) is 9.48. The maximum Gasteiger partial charge on any atom is 0.314 e. The van der Waals surface area contributed by atoms with Crippen LogP contribution in [0.5, 0.6) is 0 Å². The van der Waals surface area contributed by atoms with Gasteiger partial charge in [0.2, 0.25) is 0 Å². The largest absolute Gasteiger partial charge is 0.345 e. The zero-order chi connectivity index (χ0) is 17.6. The molecule has 4 saturated carbocycles. The maximum absolute atomic E-state index is 12.4. The second-order valence-corrected chi connectivity index (χ2v) is 8.65. The first-order valence-electron chi connectivity index (χ1n) is 9.48. The Kier molecular flexibility index (Phi) is 4.05. The van der Waals surface area contributed by atoms with Crippen molar-refractivity contribution in [1.82, 2.24) is 10.3 Å². The molecule has 4 aliphatic rings. The van der Waals surface area contributed by atoms with Crippen LogP contribution in [0.4, 0.5) is 5.82 Å². The third-order valence-electron chi connectivity index (χ3n) is 6.72.